The van der Waals surface area contributed by atoms with Crippen molar-refractivity contribution in [2.45, 2.75) is 112 Å². The minimum Gasteiger partial charge on any atom is -0.512 e. The Morgan fingerprint density at radius 3 is 2.33 bits per heavy atom. The van der Waals surface area contributed by atoms with Gasteiger partial charge in [-0.3, -0.25) is 19.4 Å². The lowest BCUT2D eigenvalue weighted by molar-refractivity contribution is -0.159. The van der Waals surface area contributed by atoms with Crippen LogP contribution >= 0.6 is 0 Å². The lowest BCUT2D eigenvalue weighted by Gasteiger charge is -2.38. The number of carbonyl (C=O) groups is 3. The van der Waals surface area contributed by atoms with E-state index >= 15 is 0 Å². The molecule has 4 aliphatic heterocycles. The highest BCUT2D eigenvalue weighted by Gasteiger charge is 2.50. The maximum atomic E-state index is 14.7. The number of amides is 1. The number of piperidine rings is 1. The third-order valence-electron chi connectivity index (χ3n) is 12.6. The number of phenols is 2. The maximum absolute atomic E-state index is 14.7. The van der Waals surface area contributed by atoms with E-state index in [1.54, 1.807) is 59.8 Å². The summed E-state index contributed by atoms with van der Waals surface area (Å²) in [5.74, 6) is -6.43. The molecule has 15 heteroatoms. The van der Waals surface area contributed by atoms with E-state index in [9.17, 15) is 34.8 Å². The van der Waals surface area contributed by atoms with Gasteiger partial charge in [0.25, 0.3) is 11.7 Å². The van der Waals surface area contributed by atoms with Gasteiger partial charge in [-0.1, -0.05) is 52.8 Å². The number of hydrogen-bond donors (Lipinski definition) is 5. The average Bonchev–Trinajstić information content (AvgIpc) is 3.71. The molecule has 4 bridgehead atoms. The minimum absolute atomic E-state index is 0.0495. The maximum Gasteiger partial charge on any atom is 0.312 e. The number of ketones is 1. The van der Waals surface area contributed by atoms with Gasteiger partial charge < -0.3 is 49.6 Å². The molecule has 4 aliphatic rings. The molecule has 1 saturated heterocycles. The van der Waals surface area contributed by atoms with Crippen molar-refractivity contribution in [3.05, 3.63) is 69.3 Å². The SMILES string of the molecule is CO[C@H]1/C=C/O[C@@]2(C)Oc3c(C)c(O)c4c(O)c(c5c(c4c3C2=O)NC2(CCN(CC(C)C)CC2)N=5)=NC(=O)/C(C)=C/C=C/C(C)=C(\O)[C@@H](C)[C@@H](O)[C@@H](C)[C@H](OC(C)=O)[C@@H]1C. The smallest absolute Gasteiger partial charge is 0.312 e. The standard InChI is InChI=1S/C46H60N4O11/c1-22(2)21-50-18-16-46(17-19-50)48-34-31-32-39(54)28(8)42-33(31)43(56)45(10,61-42)59-20-15-30(58-11)25(5)41(60-29(9)51)27(7)38(53)26(6)37(52)23(3)13-12-14-24(4)44(57)47-36(40(32)55)35(34)49-46/h12-15,20,22,25-27,30,38,41,48,52-55H,16-19,21H2,1-11H3/b13-12+,20-15+,24-14+,37-23-,47-36?/t25-,26-,27-,30+,38-,41-,45+/m1/s1. The Balaban J connectivity index is 1.57. The molecule has 6 rings (SSSR count). The van der Waals surface area contributed by atoms with E-state index in [1.807, 2.05) is 0 Å². The largest absolute Gasteiger partial charge is 0.512 e. The number of ether oxygens (including phenoxy) is 4. The van der Waals surface area contributed by atoms with E-state index < -0.39 is 70.9 Å². The summed E-state index contributed by atoms with van der Waals surface area (Å²) in [6, 6.07) is 0. The summed E-state index contributed by atoms with van der Waals surface area (Å²) in [5, 5.41) is 50.3. The number of allylic oxidation sites excluding steroid dienone is 4. The second kappa shape index (κ2) is 17.3. The number of carbonyl (C=O) groups excluding carboxylic acids is 3. The van der Waals surface area contributed by atoms with Crippen molar-refractivity contribution in [1.29, 1.82) is 0 Å². The molecule has 330 valence electrons. The fraction of sp³-hybridized carbons (Fsp3) is 0.543. The molecule has 15 nitrogen and oxygen atoms in total. The molecule has 1 spiro atoms. The number of benzene rings is 2. The number of methoxy groups -OCH3 is 1. The van der Waals surface area contributed by atoms with Crippen LogP contribution in [0.1, 0.15) is 91.1 Å². The summed E-state index contributed by atoms with van der Waals surface area (Å²) in [4.78, 5) is 52.8. The number of nitrogens with zero attached hydrogens (tertiary/aromatic N) is 3. The van der Waals surface area contributed by atoms with Gasteiger partial charge in [-0.15, -0.1) is 0 Å². The first-order chi connectivity index (χ1) is 28.6. The molecule has 0 unspecified atom stereocenters. The van der Waals surface area contributed by atoms with Crippen LogP contribution in [0.5, 0.6) is 17.2 Å². The van der Waals surface area contributed by atoms with E-state index in [-0.39, 0.29) is 55.4 Å². The average molecular weight is 845 g/mol. The highest BCUT2D eigenvalue weighted by molar-refractivity contribution is 6.21. The van der Waals surface area contributed by atoms with Crippen LogP contribution in [0, 0.1) is 30.6 Å². The van der Waals surface area contributed by atoms with Gasteiger partial charge in [-0.25, -0.2) is 4.99 Å². The Hall–Kier alpha value is -5.25. The molecule has 5 N–H and O–H groups in total. The Morgan fingerprint density at radius 2 is 1.70 bits per heavy atom. The lowest BCUT2D eigenvalue weighted by Crippen LogP contribution is -2.47. The van der Waals surface area contributed by atoms with Crippen LogP contribution in [0.15, 0.2) is 57.5 Å². The highest BCUT2D eigenvalue weighted by atomic mass is 16.7. The summed E-state index contributed by atoms with van der Waals surface area (Å²) < 4.78 is 24.0. The van der Waals surface area contributed by atoms with Crippen molar-refractivity contribution in [2.75, 3.05) is 32.1 Å². The molecule has 7 atom stereocenters. The number of aromatic hydroxyl groups is 2. The predicted octanol–water partition coefficient (Wildman–Crippen LogP) is 5.58. The van der Waals surface area contributed by atoms with E-state index in [2.05, 4.69) is 29.1 Å². The van der Waals surface area contributed by atoms with Crippen LogP contribution in [-0.4, -0.2) is 99.5 Å². The third kappa shape index (κ3) is 8.39. The van der Waals surface area contributed by atoms with Crippen molar-refractivity contribution in [1.82, 2.24) is 4.90 Å². The van der Waals surface area contributed by atoms with Gasteiger partial charge >= 0.3 is 11.8 Å². The van der Waals surface area contributed by atoms with Crippen molar-refractivity contribution in [3.63, 3.8) is 0 Å². The van der Waals surface area contributed by atoms with E-state index in [0.717, 1.165) is 19.6 Å². The van der Waals surface area contributed by atoms with Crippen LogP contribution < -0.4 is 20.8 Å². The fourth-order valence-electron chi connectivity index (χ4n) is 8.99. The molecular formula is C46H60N4O11. The zero-order valence-corrected chi connectivity index (χ0v) is 37.0. The van der Waals surface area contributed by atoms with Crippen molar-refractivity contribution in [3.8, 4) is 17.2 Å². The van der Waals surface area contributed by atoms with Crippen LogP contribution in [-0.2, 0) is 23.8 Å². The second-order valence-electron chi connectivity index (χ2n) is 17.6. The summed E-state index contributed by atoms with van der Waals surface area (Å²) in [6.07, 6.45) is 5.77. The van der Waals surface area contributed by atoms with Crippen LogP contribution in [0.4, 0.5) is 5.69 Å². The summed E-state index contributed by atoms with van der Waals surface area (Å²) >= 11 is 0. The number of aliphatic hydroxyl groups excluding tert-OH is 2. The first kappa shape index (κ1) is 45.3. The van der Waals surface area contributed by atoms with Gasteiger partial charge in [-0.2, -0.15) is 0 Å². The zero-order chi connectivity index (χ0) is 44.9. The predicted molar refractivity (Wildman–Crippen MR) is 228 cm³/mol. The normalized spacial score (nSPS) is 31.5. The topological polar surface area (TPSA) is 209 Å². The van der Waals surface area contributed by atoms with Gasteiger partial charge in [-0.05, 0) is 38.3 Å². The molecule has 2 aromatic rings. The third-order valence-corrected chi connectivity index (χ3v) is 12.6. The number of esters is 1. The zero-order valence-electron chi connectivity index (χ0n) is 37.0. The van der Waals surface area contributed by atoms with Crippen molar-refractivity contribution >= 4 is 34.1 Å². The molecule has 1 amide bonds. The summed E-state index contributed by atoms with van der Waals surface area (Å²) in [6.45, 7) is 19.3. The van der Waals surface area contributed by atoms with Crippen LogP contribution in [0.2, 0.25) is 0 Å². The molecule has 0 aromatic heterocycles. The van der Waals surface area contributed by atoms with Crippen LogP contribution in [0.3, 0.4) is 0 Å². The highest BCUT2D eigenvalue weighted by Crippen LogP contribution is 2.51. The van der Waals surface area contributed by atoms with E-state index in [1.165, 1.54) is 33.3 Å². The minimum atomic E-state index is -1.96. The molecule has 61 heavy (non-hydrogen) atoms. The number of rotatable bonds is 4. The Labute approximate surface area is 356 Å². The van der Waals surface area contributed by atoms with Gasteiger partial charge in [0.05, 0.1) is 35.1 Å². The number of anilines is 1. The Bertz CT molecular complexity index is 2380. The number of nitrogens with one attached hydrogen (secondary N) is 1. The first-order valence-electron chi connectivity index (χ1n) is 20.9. The number of likely N-dealkylation sites (tertiary alicyclic amines) is 1. The number of aliphatic hydroxyl groups is 2. The van der Waals surface area contributed by atoms with Crippen LogP contribution in [0.25, 0.3) is 10.8 Å². The quantitative estimate of drug-likeness (QED) is 0.188. The summed E-state index contributed by atoms with van der Waals surface area (Å²) in [5.41, 5.74) is 0.263. The number of fused-ring (bicyclic) bond motifs is 1. The lowest BCUT2D eigenvalue weighted by atomic mass is 9.81. The van der Waals surface area contributed by atoms with Crippen molar-refractivity contribution in [2.24, 2.45) is 33.7 Å². The fourth-order valence-corrected chi connectivity index (χ4v) is 8.99. The first-order valence-corrected chi connectivity index (χ1v) is 20.9. The molecule has 0 aliphatic carbocycles. The molecule has 4 heterocycles. The number of phenolic OH excluding ortho intramolecular Hbond substituents is 2. The summed E-state index contributed by atoms with van der Waals surface area (Å²) in [7, 11) is 1.46. The van der Waals surface area contributed by atoms with E-state index in [4.69, 9.17) is 23.9 Å². The van der Waals surface area contributed by atoms with Gasteiger partial charge in [0.1, 0.15) is 39.7 Å². The molecule has 0 radical (unpaired) electrons. The number of hydrogen-bond acceptors (Lipinski definition) is 14. The Morgan fingerprint density at radius 1 is 1.03 bits per heavy atom. The molecule has 1 fully saturated rings. The Kier molecular flexibility index (Phi) is 12.8. The van der Waals surface area contributed by atoms with Crippen molar-refractivity contribution < 1.29 is 53.8 Å². The monoisotopic (exact) mass is 844 g/mol. The molecule has 0 saturated carbocycles. The second-order valence-corrected chi connectivity index (χ2v) is 17.6. The molecule has 2 aromatic carbocycles. The molecular weight excluding hydrogens is 785 g/mol. The van der Waals surface area contributed by atoms with E-state index in [0.29, 0.717) is 30.0 Å². The van der Waals surface area contributed by atoms with Gasteiger partial charge in [0.15, 0.2) is 5.75 Å². The number of Topliss-reactive ketones (excluding diaryl/α,β-unsaturated/α-hetero) is 1. The van der Waals surface area contributed by atoms with Gasteiger partial charge in [0.2, 0.25) is 0 Å². The van der Waals surface area contributed by atoms with Gasteiger partial charge in [0, 0.05) is 87.7 Å².